The zero-order valence-electron chi connectivity index (χ0n) is 16.2. The highest BCUT2D eigenvalue weighted by molar-refractivity contribution is 14.1. The molecule has 1 heterocycles. The van der Waals surface area contributed by atoms with E-state index in [1.54, 1.807) is 0 Å². The van der Waals surface area contributed by atoms with E-state index in [1.807, 2.05) is 27.7 Å². The second-order valence-electron chi connectivity index (χ2n) is 7.55. The van der Waals surface area contributed by atoms with Crippen molar-refractivity contribution in [1.29, 1.82) is 0 Å². The summed E-state index contributed by atoms with van der Waals surface area (Å²) >= 11 is 2.37. The second kappa shape index (κ2) is 8.35. The minimum Gasteiger partial charge on any atom is -0.464 e. The zero-order valence-corrected chi connectivity index (χ0v) is 18.4. The first kappa shape index (κ1) is 20.6. The smallest absolute Gasteiger partial charge is 0.340 e. The number of hydrogen-bond donors (Lipinski definition) is 1. The lowest BCUT2D eigenvalue weighted by molar-refractivity contribution is -0.167. The van der Waals surface area contributed by atoms with Gasteiger partial charge in [-0.3, -0.25) is 0 Å². The van der Waals surface area contributed by atoms with E-state index >= 15 is 0 Å². The highest BCUT2D eigenvalue weighted by Gasteiger charge is 2.33. The first-order valence-electron chi connectivity index (χ1n) is 9.02. The summed E-state index contributed by atoms with van der Waals surface area (Å²) in [6.07, 6.45) is 1.33. The maximum Gasteiger partial charge on any atom is 0.340 e. The number of ether oxygens (including phenoxy) is 2. The van der Waals surface area contributed by atoms with Crippen molar-refractivity contribution in [2.45, 2.75) is 66.1 Å². The van der Waals surface area contributed by atoms with Crippen LogP contribution in [0.1, 0.15) is 61.6 Å². The van der Waals surface area contributed by atoms with Crippen LogP contribution < -0.4 is 5.32 Å². The summed E-state index contributed by atoms with van der Waals surface area (Å²) < 4.78 is 12.6. The lowest BCUT2D eigenvalue weighted by Crippen LogP contribution is -2.30. The average Bonchev–Trinajstić information content (AvgIpc) is 2.77. The molecular weight excluding hydrogens is 429 g/mol. The molecule has 1 atom stereocenters. The van der Waals surface area contributed by atoms with Crippen LogP contribution in [0.3, 0.4) is 0 Å². The molecule has 1 N–H and O–H groups in total. The van der Waals surface area contributed by atoms with Gasteiger partial charge in [0.05, 0.1) is 12.2 Å². The van der Waals surface area contributed by atoms with Crippen LogP contribution in [-0.4, -0.2) is 31.3 Å². The van der Waals surface area contributed by atoms with E-state index in [0.29, 0.717) is 6.61 Å². The Kier molecular flexibility index (Phi) is 6.90. The number of carbonyl (C=O) groups excluding carboxylic acids is 1. The van der Waals surface area contributed by atoms with E-state index in [-0.39, 0.29) is 5.97 Å². The molecule has 0 fully saturated rings. The molecule has 5 heteroatoms. The molecule has 0 saturated carbocycles. The molecule has 0 aliphatic carbocycles. The third-order valence-electron chi connectivity index (χ3n) is 4.58. The van der Waals surface area contributed by atoms with Gasteiger partial charge in [-0.25, -0.2) is 4.79 Å². The quantitative estimate of drug-likeness (QED) is 0.546. The molecule has 1 aliphatic rings. The van der Waals surface area contributed by atoms with Crippen LogP contribution in [0.25, 0.3) is 0 Å². The number of carbonyl (C=O) groups is 1. The van der Waals surface area contributed by atoms with Crippen LogP contribution in [0.2, 0.25) is 0 Å². The van der Waals surface area contributed by atoms with Crippen molar-refractivity contribution < 1.29 is 14.3 Å². The van der Waals surface area contributed by atoms with Crippen LogP contribution in [0.5, 0.6) is 0 Å². The second-order valence-corrected chi connectivity index (χ2v) is 8.63. The van der Waals surface area contributed by atoms with E-state index in [9.17, 15) is 4.79 Å². The topological polar surface area (TPSA) is 47.6 Å². The fourth-order valence-corrected chi connectivity index (χ4v) is 4.46. The molecule has 0 aromatic heterocycles. The molecule has 0 amide bonds. The number of benzene rings is 1. The van der Waals surface area contributed by atoms with E-state index in [1.165, 1.54) is 22.3 Å². The van der Waals surface area contributed by atoms with Crippen LogP contribution in [0, 0.1) is 17.4 Å². The van der Waals surface area contributed by atoms with Gasteiger partial charge in [0.25, 0.3) is 0 Å². The van der Waals surface area contributed by atoms with Crippen LogP contribution >= 0.6 is 22.6 Å². The first-order chi connectivity index (χ1) is 11.7. The number of nitrogens with one attached hydrogen (secondary N) is 1. The van der Waals surface area contributed by atoms with Gasteiger partial charge in [-0.15, -0.1) is 0 Å². The maximum absolute atomic E-state index is 12.7. The molecule has 2 rings (SSSR count). The van der Waals surface area contributed by atoms with Gasteiger partial charge in [-0.2, -0.15) is 0 Å². The average molecular weight is 459 g/mol. The molecule has 0 bridgehead atoms. The summed E-state index contributed by atoms with van der Waals surface area (Å²) in [5.74, 6) is -0.301. The van der Waals surface area contributed by atoms with Gasteiger partial charge < -0.3 is 14.8 Å². The Morgan fingerprint density at radius 1 is 1.16 bits per heavy atom. The maximum atomic E-state index is 12.7. The van der Waals surface area contributed by atoms with Crippen LogP contribution in [0.4, 0.5) is 0 Å². The summed E-state index contributed by atoms with van der Waals surface area (Å²) in [6, 6.07) is 0. The molecule has 1 aromatic rings. The van der Waals surface area contributed by atoms with Crippen molar-refractivity contribution in [3.63, 3.8) is 0 Å². The van der Waals surface area contributed by atoms with E-state index in [4.69, 9.17) is 9.47 Å². The van der Waals surface area contributed by atoms with Gasteiger partial charge in [0, 0.05) is 9.13 Å². The van der Waals surface area contributed by atoms with Crippen molar-refractivity contribution in [2.24, 2.45) is 0 Å². The molecular formula is C20H30INO3. The van der Waals surface area contributed by atoms with E-state index in [2.05, 4.69) is 41.8 Å². The van der Waals surface area contributed by atoms with Crippen LogP contribution in [0.15, 0.2) is 0 Å². The lowest BCUT2D eigenvalue weighted by Gasteiger charge is -2.30. The summed E-state index contributed by atoms with van der Waals surface area (Å²) in [5, 5.41) is 3.47. The number of esters is 1. The Balaban J connectivity index is 2.62. The highest BCUT2D eigenvalue weighted by Crippen LogP contribution is 2.37. The summed E-state index contributed by atoms with van der Waals surface area (Å²) in [7, 11) is 0. The van der Waals surface area contributed by atoms with Crippen LogP contribution in [-0.2, 0) is 27.1 Å². The number of hydrogen-bond acceptors (Lipinski definition) is 4. The van der Waals surface area contributed by atoms with Crippen molar-refractivity contribution in [3.8, 4) is 0 Å². The van der Waals surface area contributed by atoms with Crippen molar-refractivity contribution in [3.05, 3.63) is 31.4 Å². The Bertz CT molecular complexity index is 650. The van der Waals surface area contributed by atoms with Gasteiger partial charge >= 0.3 is 5.97 Å². The van der Waals surface area contributed by atoms with Crippen molar-refractivity contribution in [2.75, 3.05) is 19.7 Å². The summed E-state index contributed by atoms with van der Waals surface area (Å²) in [5.41, 5.74) is 5.78. The summed E-state index contributed by atoms with van der Waals surface area (Å²) in [6.45, 7) is 14.4. The molecule has 140 valence electrons. The van der Waals surface area contributed by atoms with E-state index < -0.39 is 11.7 Å². The molecule has 0 unspecified atom stereocenters. The minimum absolute atomic E-state index is 0.301. The number of halogens is 1. The molecule has 4 nitrogen and oxygen atoms in total. The standard InChI is InChI=1S/C20H30INO3/c1-7-24-19(23)18(25-20(4,5)6)16-12(2)14-8-10-22-11-9-15(14)13(3)17(16)21/h18,22H,7-11H2,1-6H3/t18-/m0/s1. The molecule has 0 spiro atoms. The fraction of sp³-hybridized carbons (Fsp3) is 0.650. The lowest BCUT2D eigenvalue weighted by atomic mass is 9.88. The van der Waals surface area contributed by atoms with Gasteiger partial charge in [0.2, 0.25) is 0 Å². The fourth-order valence-electron chi connectivity index (χ4n) is 3.45. The zero-order chi connectivity index (χ0) is 18.8. The molecule has 25 heavy (non-hydrogen) atoms. The Hall–Kier alpha value is -0.660. The number of fused-ring (bicyclic) bond motifs is 1. The molecule has 0 saturated heterocycles. The first-order valence-corrected chi connectivity index (χ1v) is 10.1. The third kappa shape index (κ3) is 4.74. The highest BCUT2D eigenvalue weighted by atomic mass is 127. The SMILES string of the molecule is CCOC(=O)[C@@H](OC(C)(C)C)c1c(C)c2c(c(C)c1I)CCNCC2. The molecule has 0 radical (unpaired) electrons. The molecule has 1 aromatic carbocycles. The number of rotatable bonds is 4. The molecule has 1 aliphatic heterocycles. The van der Waals surface area contributed by atoms with Gasteiger partial charge in [0.1, 0.15) is 0 Å². The van der Waals surface area contributed by atoms with Crippen molar-refractivity contribution >= 4 is 28.6 Å². The van der Waals surface area contributed by atoms with Gasteiger partial charge in [-0.1, -0.05) is 0 Å². The van der Waals surface area contributed by atoms with Gasteiger partial charge in [-0.05, 0) is 112 Å². The largest absolute Gasteiger partial charge is 0.464 e. The monoisotopic (exact) mass is 459 g/mol. The normalized spacial score (nSPS) is 16.1. The Morgan fingerprint density at radius 3 is 2.24 bits per heavy atom. The Labute approximate surface area is 165 Å². The predicted octanol–water partition coefficient (Wildman–Crippen LogP) is 4.02. The third-order valence-corrected chi connectivity index (χ3v) is 5.97. The van der Waals surface area contributed by atoms with Gasteiger partial charge in [0.15, 0.2) is 6.10 Å². The minimum atomic E-state index is -0.688. The van der Waals surface area contributed by atoms with Crippen molar-refractivity contribution in [1.82, 2.24) is 5.32 Å². The Morgan fingerprint density at radius 2 is 1.72 bits per heavy atom. The summed E-state index contributed by atoms with van der Waals surface area (Å²) in [4.78, 5) is 12.7. The predicted molar refractivity (Wildman–Crippen MR) is 109 cm³/mol. The van der Waals surface area contributed by atoms with E-state index in [0.717, 1.165) is 35.1 Å².